The molecular weight excluding hydrogens is 272 g/mol. The molecule has 1 aromatic carbocycles. The molecule has 18 heavy (non-hydrogen) atoms. The number of rotatable bonds is 3. The molecule has 0 bridgehead atoms. The SMILES string of the molecule is CCNS(=O)(=O)c1c(C)cc(Cl)c2cnccc12. The number of fused-ring (bicyclic) bond motifs is 1. The van der Waals surface area contributed by atoms with Gasteiger partial charge in [0.25, 0.3) is 0 Å². The maximum Gasteiger partial charge on any atom is 0.241 e. The van der Waals surface area contributed by atoms with E-state index in [2.05, 4.69) is 9.71 Å². The van der Waals surface area contributed by atoms with Crippen molar-refractivity contribution in [2.24, 2.45) is 0 Å². The molecular formula is C12H13ClN2O2S. The number of aryl methyl sites for hydroxylation is 1. The fourth-order valence-corrected chi connectivity index (χ4v) is 3.74. The van der Waals surface area contributed by atoms with Crippen molar-refractivity contribution >= 4 is 32.4 Å². The van der Waals surface area contributed by atoms with E-state index in [0.29, 0.717) is 27.9 Å². The summed E-state index contributed by atoms with van der Waals surface area (Å²) in [6.07, 6.45) is 3.13. The molecule has 0 unspecified atom stereocenters. The molecule has 2 aromatic rings. The first-order chi connectivity index (χ1) is 8.47. The largest absolute Gasteiger partial charge is 0.264 e. The van der Waals surface area contributed by atoms with Gasteiger partial charge in [0.05, 0.1) is 9.92 Å². The normalized spacial score (nSPS) is 11.9. The van der Waals surface area contributed by atoms with Gasteiger partial charge >= 0.3 is 0 Å². The first-order valence-electron chi connectivity index (χ1n) is 5.50. The van der Waals surface area contributed by atoms with Gasteiger partial charge in [0.15, 0.2) is 0 Å². The highest BCUT2D eigenvalue weighted by molar-refractivity contribution is 7.89. The van der Waals surface area contributed by atoms with Crippen LogP contribution in [0, 0.1) is 6.92 Å². The number of benzene rings is 1. The molecule has 0 aliphatic rings. The van der Waals surface area contributed by atoms with Crippen LogP contribution in [-0.4, -0.2) is 19.9 Å². The Bertz CT molecular complexity index is 699. The number of halogens is 1. The molecule has 0 fully saturated rings. The lowest BCUT2D eigenvalue weighted by Gasteiger charge is -2.12. The van der Waals surface area contributed by atoms with Gasteiger partial charge in [-0.2, -0.15) is 0 Å². The quantitative estimate of drug-likeness (QED) is 0.942. The van der Waals surface area contributed by atoms with Crippen LogP contribution >= 0.6 is 11.6 Å². The van der Waals surface area contributed by atoms with E-state index in [1.807, 2.05) is 0 Å². The van der Waals surface area contributed by atoms with Gasteiger partial charge in [-0.25, -0.2) is 13.1 Å². The smallest absolute Gasteiger partial charge is 0.241 e. The van der Waals surface area contributed by atoms with Crippen LogP contribution in [0.4, 0.5) is 0 Å². The monoisotopic (exact) mass is 284 g/mol. The number of sulfonamides is 1. The fourth-order valence-electron chi connectivity index (χ4n) is 1.95. The molecule has 0 radical (unpaired) electrons. The van der Waals surface area contributed by atoms with Crippen molar-refractivity contribution in [2.45, 2.75) is 18.7 Å². The molecule has 4 nitrogen and oxygen atoms in total. The van der Waals surface area contributed by atoms with Gasteiger partial charge in [0.1, 0.15) is 0 Å². The Morgan fingerprint density at radius 1 is 1.39 bits per heavy atom. The van der Waals surface area contributed by atoms with Crippen molar-refractivity contribution < 1.29 is 8.42 Å². The van der Waals surface area contributed by atoms with Crippen LogP contribution in [-0.2, 0) is 10.0 Å². The Labute approximate surface area is 111 Å². The molecule has 0 saturated carbocycles. The van der Waals surface area contributed by atoms with Gasteiger partial charge in [0, 0.05) is 29.7 Å². The van der Waals surface area contributed by atoms with Crippen LogP contribution in [0.3, 0.4) is 0 Å². The highest BCUT2D eigenvalue weighted by Gasteiger charge is 2.20. The maximum absolute atomic E-state index is 12.2. The number of nitrogens with zero attached hydrogens (tertiary/aromatic N) is 1. The third-order valence-electron chi connectivity index (χ3n) is 2.63. The minimum Gasteiger partial charge on any atom is -0.264 e. The lowest BCUT2D eigenvalue weighted by Crippen LogP contribution is -2.24. The van der Waals surface area contributed by atoms with Crippen molar-refractivity contribution in [1.82, 2.24) is 9.71 Å². The molecule has 0 aliphatic carbocycles. The zero-order valence-corrected chi connectivity index (χ0v) is 11.6. The minimum absolute atomic E-state index is 0.270. The second kappa shape index (κ2) is 4.84. The molecule has 1 N–H and O–H groups in total. The highest BCUT2D eigenvalue weighted by atomic mass is 35.5. The first-order valence-corrected chi connectivity index (χ1v) is 7.36. The lowest BCUT2D eigenvalue weighted by molar-refractivity contribution is 0.584. The van der Waals surface area contributed by atoms with Crippen molar-refractivity contribution in [3.05, 3.63) is 35.1 Å². The molecule has 0 amide bonds. The molecule has 0 aliphatic heterocycles. The number of aromatic nitrogens is 1. The standard InChI is InChI=1S/C12H13ClN2O2S/c1-3-15-18(16,17)12-8(2)6-11(13)10-7-14-5-4-9(10)12/h4-7,15H,3H2,1-2H3. The summed E-state index contributed by atoms with van der Waals surface area (Å²) in [5.74, 6) is 0. The molecule has 6 heteroatoms. The third kappa shape index (κ3) is 2.21. The number of hydrogen-bond donors (Lipinski definition) is 1. The summed E-state index contributed by atoms with van der Waals surface area (Å²) in [7, 11) is -3.52. The maximum atomic E-state index is 12.2. The van der Waals surface area contributed by atoms with E-state index < -0.39 is 10.0 Å². The van der Waals surface area contributed by atoms with Gasteiger partial charge in [-0.3, -0.25) is 4.98 Å². The molecule has 0 spiro atoms. The van der Waals surface area contributed by atoms with Crippen LogP contribution in [0.15, 0.2) is 29.4 Å². The van der Waals surface area contributed by atoms with Crippen LogP contribution in [0.2, 0.25) is 5.02 Å². The Balaban J connectivity index is 2.87. The summed E-state index contributed by atoms with van der Waals surface area (Å²) in [4.78, 5) is 4.24. The van der Waals surface area contributed by atoms with Gasteiger partial charge in [0.2, 0.25) is 10.0 Å². The van der Waals surface area contributed by atoms with E-state index in [1.165, 1.54) is 0 Å². The second-order valence-electron chi connectivity index (χ2n) is 3.93. The zero-order chi connectivity index (χ0) is 13.3. The first kappa shape index (κ1) is 13.3. The Morgan fingerprint density at radius 2 is 2.11 bits per heavy atom. The Morgan fingerprint density at radius 3 is 2.78 bits per heavy atom. The fraction of sp³-hybridized carbons (Fsp3) is 0.250. The summed E-state index contributed by atoms with van der Waals surface area (Å²) in [6.45, 7) is 3.82. The molecule has 96 valence electrons. The molecule has 2 rings (SSSR count). The Hall–Kier alpha value is -1.17. The molecule has 0 saturated heterocycles. The van der Waals surface area contributed by atoms with Crippen LogP contribution in [0.1, 0.15) is 12.5 Å². The lowest BCUT2D eigenvalue weighted by atomic mass is 10.1. The van der Waals surface area contributed by atoms with Gasteiger partial charge in [-0.15, -0.1) is 0 Å². The summed E-state index contributed by atoms with van der Waals surface area (Å²) in [5, 5.41) is 1.74. The van der Waals surface area contributed by atoms with Gasteiger partial charge in [-0.05, 0) is 24.6 Å². The third-order valence-corrected chi connectivity index (χ3v) is 4.69. The topological polar surface area (TPSA) is 59.1 Å². The van der Waals surface area contributed by atoms with Crippen LogP contribution < -0.4 is 4.72 Å². The second-order valence-corrected chi connectivity index (χ2v) is 6.04. The highest BCUT2D eigenvalue weighted by Crippen LogP contribution is 2.31. The van der Waals surface area contributed by atoms with Gasteiger partial charge in [-0.1, -0.05) is 18.5 Å². The van der Waals surface area contributed by atoms with E-state index >= 15 is 0 Å². The van der Waals surface area contributed by atoms with E-state index in [1.54, 1.807) is 38.4 Å². The predicted octanol–water partition coefficient (Wildman–Crippen LogP) is 2.49. The van der Waals surface area contributed by atoms with Crippen molar-refractivity contribution in [3.63, 3.8) is 0 Å². The minimum atomic E-state index is -3.52. The average Bonchev–Trinajstić information content (AvgIpc) is 2.28. The Kier molecular flexibility index (Phi) is 3.56. The van der Waals surface area contributed by atoms with Crippen molar-refractivity contribution in [2.75, 3.05) is 6.54 Å². The average molecular weight is 285 g/mol. The predicted molar refractivity (Wildman–Crippen MR) is 72.4 cm³/mol. The summed E-state index contributed by atoms with van der Waals surface area (Å²) < 4.78 is 26.9. The number of hydrogen-bond acceptors (Lipinski definition) is 3. The van der Waals surface area contributed by atoms with E-state index in [4.69, 9.17) is 11.6 Å². The van der Waals surface area contributed by atoms with E-state index in [-0.39, 0.29) is 4.90 Å². The summed E-state index contributed by atoms with van der Waals surface area (Å²) in [5.41, 5.74) is 0.625. The van der Waals surface area contributed by atoms with E-state index in [0.717, 1.165) is 0 Å². The van der Waals surface area contributed by atoms with E-state index in [9.17, 15) is 8.42 Å². The number of pyridine rings is 1. The molecule has 0 atom stereocenters. The summed E-state index contributed by atoms with van der Waals surface area (Å²) in [6, 6.07) is 3.31. The van der Waals surface area contributed by atoms with Crippen LogP contribution in [0.25, 0.3) is 10.8 Å². The zero-order valence-electron chi connectivity index (χ0n) is 10.1. The van der Waals surface area contributed by atoms with Crippen LogP contribution in [0.5, 0.6) is 0 Å². The molecule has 1 heterocycles. The van der Waals surface area contributed by atoms with Crippen molar-refractivity contribution in [3.8, 4) is 0 Å². The molecule has 1 aromatic heterocycles. The van der Waals surface area contributed by atoms with Crippen molar-refractivity contribution in [1.29, 1.82) is 0 Å². The van der Waals surface area contributed by atoms with Gasteiger partial charge < -0.3 is 0 Å². The summed E-state index contributed by atoms with van der Waals surface area (Å²) >= 11 is 6.11. The number of nitrogens with one attached hydrogen (secondary N) is 1.